The predicted octanol–water partition coefficient (Wildman–Crippen LogP) is 1.52. The molecule has 12 nitrogen and oxygen atoms in total. The molecule has 0 fully saturated rings. The lowest BCUT2D eigenvalue weighted by molar-refractivity contribution is -0.139. The van der Waals surface area contributed by atoms with Gasteiger partial charge in [0.1, 0.15) is 12.1 Å². The number of esters is 1. The molecule has 0 aliphatic heterocycles. The molecule has 1 aromatic carbocycles. The van der Waals surface area contributed by atoms with Crippen LogP contribution in [-0.2, 0) is 25.5 Å². The lowest BCUT2D eigenvalue weighted by Gasteiger charge is -2.23. The van der Waals surface area contributed by atoms with Gasteiger partial charge < -0.3 is 35.8 Å². The van der Waals surface area contributed by atoms with Crippen molar-refractivity contribution in [2.75, 3.05) is 26.7 Å². The van der Waals surface area contributed by atoms with E-state index in [0.29, 0.717) is 6.42 Å². The molecule has 1 aromatic heterocycles. The number of urea groups is 1. The quantitative estimate of drug-likeness (QED) is 0.251. The average Bonchev–Trinajstić information content (AvgIpc) is 2.89. The van der Waals surface area contributed by atoms with Gasteiger partial charge in [0.15, 0.2) is 0 Å². The van der Waals surface area contributed by atoms with Gasteiger partial charge in [-0.15, -0.1) is 0 Å². The highest BCUT2D eigenvalue weighted by Gasteiger charge is 2.20. The fraction of sp³-hybridized carbons (Fsp3) is 0.444. The Kier molecular flexibility index (Phi) is 12.2. The van der Waals surface area contributed by atoms with Crippen LogP contribution >= 0.6 is 0 Å². The number of aliphatic hydroxyl groups excluding tert-OH is 1. The summed E-state index contributed by atoms with van der Waals surface area (Å²) in [6, 6.07) is 12.1. The van der Waals surface area contributed by atoms with Gasteiger partial charge >= 0.3 is 18.1 Å². The Hall–Kier alpha value is -4.19. The highest BCUT2D eigenvalue weighted by Crippen LogP contribution is 2.18. The van der Waals surface area contributed by atoms with Crippen molar-refractivity contribution < 1.29 is 33.8 Å². The maximum atomic E-state index is 12.4. The molecule has 2 atom stereocenters. The molecule has 0 saturated heterocycles. The molecule has 0 bridgehead atoms. The first-order chi connectivity index (χ1) is 18.4. The zero-order valence-electron chi connectivity index (χ0n) is 22.7. The van der Waals surface area contributed by atoms with E-state index in [-0.39, 0.29) is 26.1 Å². The molecular formula is C27H37N5O7. The second-order valence-corrected chi connectivity index (χ2v) is 9.77. The molecule has 2 unspecified atom stereocenters. The van der Waals surface area contributed by atoms with Gasteiger partial charge in [-0.25, -0.2) is 9.59 Å². The summed E-state index contributed by atoms with van der Waals surface area (Å²) in [5, 5.41) is 20.6. The predicted molar refractivity (Wildman–Crippen MR) is 144 cm³/mol. The van der Waals surface area contributed by atoms with E-state index in [1.165, 1.54) is 7.11 Å². The molecule has 2 rings (SSSR count). The number of aliphatic hydroxyl groups is 1. The summed E-state index contributed by atoms with van der Waals surface area (Å²) in [7, 11) is 1.22. The first-order valence-electron chi connectivity index (χ1n) is 12.5. The van der Waals surface area contributed by atoms with E-state index in [4.69, 9.17) is 4.74 Å². The summed E-state index contributed by atoms with van der Waals surface area (Å²) in [6.45, 7) is 4.39. The van der Waals surface area contributed by atoms with Crippen molar-refractivity contribution in [1.29, 1.82) is 0 Å². The van der Waals surface area contributed by atoms with Crippen LogP contribution in [0.25, 0.3) is 11.3 Å². The summed E-state index contributed by atoms with van der Waals surface area (Å²) in [6.07, 6.45) is 0.458. The van der Waals surface area contributed by atoms with E-state index in [9.17, 15) is 24.3 Å². The highest BCUT2D eigenvalue weighted by atomic mass is 16.6. The molecule has 0 spiro atoms. The van der Waals surface area contributed by atoms with Crippen molar-refractivity contribution in [2.24, 2.45) is 0 Å². The van der Waals surface area contributed by atoms with Crippen LogP contribution in [0.4, 0.5) is 9.59 Å². The number of amides is 4. The third-order valence-electron chi connectivity index (χ3n) is 5.24. The number of aromatic nitrogens is 1. The first-order valence-corrected chi connectivity index (χ1v) is 12.5. The Morgan fingerprint density at radius 3 is 2.31 bits per heavy atom. The maximum absolute atomic E-state index is 12.4. The molecule has 0 radical (unpaired) electrons. The summed E-state index contributed by atoms with van der Waals surface area (Å²) < 4.78 is 9.60. The normalized spacial score (nSPS) is 12.4. The van der Waals surface area contributed by atoms with Crippen molar-refractivity contribution in [3.8, 4) is 11.3 Å². The Morgan fingerprint density at radius 2 is 1.69 bits per heavy atom. The first kappa shape index (κ1) is 31.0. The SMILES string of the molecule is COC(=O)CNC(=O)NC(Cc1ccc(-c2ccccn2)cc1)CC(O)CNC(=O)CNC(=O)OC(C)(C)C. The molecule has 1 heterocycles. The second-order valence-electron chi connectivity index (χ2n) is 9.77. The molecule has 0 aliphatic carbocycles. The van der Waals surface area contributed by atoms with Crippen LogP contribution in [0.15, 0.2) is 48.7 Å². The van der Waals surface area contributed by atoms with E-state index < -0.39 is 41.7 Å². The number of hydrogen-bond acceptors (Lipinski definition) is 8. The maximum Gasteiger partial charge on any atom is 0.408 e. The Balaban J connectivity index is 1.95. The summed E-state index contributed by atoms with van der Waals surface area (Å²) in [4.78, 5) is 51.8. The fourth-order valence-electron chi connectivity index (χ4n) is 3.46. The minimum atomic E-state index is -1.01. The van der Waals surface area contributed by atoms with E-state index in [0.717, 1.165) is 16.8 Å². The van der Waals surface area contributed by atoms with Crippen molar-refractivity contribution >= 4 is 24.0 Å². The number of carbonyl (C=O) groups excluding carboxylic acids is 4. The summed E-state index contributed by atoms with van der Waals surface area (Å²) >= 11 is 0. The van der Waals surface area contributed by atoms with Gasteiger partial charge in [-0.2, -0.15) is 0 Å². The lowest BCUT2D eigenvalue weighted by atomic mass is 9.99. The van der Waals surface area contributed by atoms with Crippen LogP contribution in [0.1, 0.15) is 32.8 Å². The van der Waals surface area contributed by atoms with Crippen LogP contribution in [0, 0.1) is 0 Å². The number of nitrogens with one attached hydrogen (secondary N) is 4. The summed E-state index contributed by atoms with van der Waals surface area (Å²) in [5.41, 5.74) is 1.96. The fourth-order valence-corrected chi connectivity index (χ4v) is 3.46. The van der Waals surface area contributed by atoms with Gasteiger partial charge in [-0.05, 0) is 51.3 Å². The van der Waals surface area contributed by atoms with Gasteiger partial charge in [-0.1, -0.05) is 30.3 Å². The number of carbonyl (C=O) groups is 4. The molecule has 2 aromatic rings. The number of pyridine rings is 1. The third kappa shape index (κ3) is 12.7. The van der Waals surface area contributed by atoms with Gasteiger partial charge in [0, 0.05) is 24.3 Å². The number of ether oxygens (including phenoxy) is 2. The number of hydrogen-bond donors (Lipinski definition) is 5. The largest absolute Gasteiger partial charge is 0.468 e. The van der Waals surface area contributed by atoms with Crippen LogP contribution in [0.3, 0.4) is 0 Å². The minimum Gasteiger partial charge on any atom is -0.468 e. The van der Waals surface area contributed by atoms with Crippen molar-refractivity contribution in [3.05, 3.63) is 54.2 Å². The lowest BCUT2D eigenvalue weighted by Crippen LogP contribution is -2.47. The molecular weight excluding hydrogens is 506 g/mol. The van der Waals surface area contributed by atoms with Crippen molar-refractivity contribution in [1.82, 2.24) is 26.3 Å². The summed E-state index contributed by atoms with van der Waals surface area (Å²) in [5.74, 6) is -1.11. The average molecular weight is 544 g/mol. The zero-order valence-corrected chi connectivity index (χ0v) is 22.7. The van der Waals surface area contributed by atoms with Crippen LogP contribution in [-0.4, -0.2) is 78.6 Å². The van der Waals surface area contributed by atoms with E-state index in [1.807, 2.05) is 42.5 Å². The second kappa shape index (κ2) is 15.3. The highest BCUT2D eigenvalue weighted by molar-refractivity contribution is 5.82. The molecule has 5 N–H and O–H groups in total. The molecule has 4 amide bonds. The number of alkyl carbamates (subject to hydrolysis) is 1. The van der Waals surface area contributed by atoms with Gasteiger partial charge in [0.25, 0.3) is 0 Å². The van der Waals surface area contributed by atoms with Crippen LogP contribution < -0.4 is 21.3 Å². The van der Waals surface area contributed by atoms with Gasteiger partial charge in [-0.3, -0.25) is 14.6 Å². The van der Waals surface area contributed by atoms with E-state index in [1.54, 1.807) is 27.0 Å². The van der Waals surface area contributed by atoms with Crippen molar-refractivity contribution in [3.63, 3.8) is 0 Å². The van der Waals surface area contributed by atoms with Gasteiger partial charge in [0.05, 0.1) is 25.5 Å². The standard InChI is InChI=1S/C27H37N5O7/c1-27(2,3)39-26(37)31-16-23(34)29-15-21(33)14-20(32-25(36)30-17-24(35)38-4)13-18-8-10-19(11-9-18)22-7-5-6-12-28-22/h5-12,20-21,33H,13-17H2,1-4H3,(H,29,34)(H,31,37)(H2,30,32,36). The van der Waals surface area contributed by atoms with Crippen LogP contribution in [0.5, 0.6) is 0 Å². The minimum absolute atomic E-state index is 0.102. The van der Waals surface area contributed by atoms with E-state index in [2.05, 4.69) is 31.0 Å². The third-order valence-corrected chi connectivity index (χ3v) is 5.24. The van der Waals surface area contributed by atoms with Gasteiger partial charge in [0.2, 0.25) is 5.91 Å². The Labute approximate surface area is 227 Å². The van der Waals surface area contributed by atoms with E-state index >= 15 is 0 Å². The molecule has 12 heteroatoms. The molecule has 212 valence electrons. The molecule has 0 saturated carbocycles. The zero-order chi connectivity index (χ0) is 28.8. The monoisotopic (exact) mass is 543 g/mol. The number of rotatable bonds is 12. The number of benzene rings is 1. The van der Waals surface area contributed by atoms with Crippen LogP contribution in [0.2, 0.25) is 0 Å². The topological polar surface area (TPSA) is 168 Å². The molecule has 0 aliphatic rings. The Bertz CT molecular complexity index is 1090. The van der Waals surface area contributed by atoms with Crippen molar-refractivity contribution in [2.45, 2.75) is 51.4 Å². The Morgan fingerprint density at radius 1 is 0.974 bits per heavy atom. The molecule has 39 heavy (non-hydrogen) atoms. The smallest absolute Gasteiger partial charge is 0.408 e. The number of nitrogens with zero attached hydrogens (tertiary/aromatic N) is 1. The number of methoxy groups -OCH3 is 1.